The van der Waals surface area contributed by atoms with Crippen molar-refractivity contribution >= 4 is 15.7 Å². The predicted octanol–water partition coefficient (Wildman–Crippen LogP) is 2.12. The van der Waals surface area contributed by atoms with Gasteiger partial charge in [-0.05, 0) is 43.9 Å². The van der Waals surface area contributed by atoms with E-state index < -0.39 is 10.0 Å². The first-order valence-electron chi connectivity index (χ1n) is 6.83. The van der Waals surface area contributed by atoms with E-state index in [1.165, 1.54) is 7.11 Å². The predicted molar refractivity (Wildman–Crippen MR) is 79.5 cm³/mol. The van der Waals surface area contributed by atoms with Gasteiger partial charge in [0.2, 0.25) is 10.0 Å². The highest BCUT2D eigenvalue weighted by molar-refractivity contribution is 7.89. The normalized spacial score (nSPS) is 16.6. The number of benzene rings is 1. The van der Waals surface area contributed by atoms with Crippen LogP contribution in [-0.2, 0) is 10.0 Å². The molecule has 6 heteroatoms. The molecule has 2 rings (SSSR count). The highest BCUT2D eigenvalue weighted by Gasteiger charge is 2.26. The molecule has 5 nitrogen and oxygen atoms in total. The molecular formula is C14H22N2O3S. The Morgan fingerprint density at radius 1 is 1.30 bits per heavy atom. The number of nitrogens with one attached hydrogen (secondary N) is 1. The van der Waals surface area contributed by atoms with Crippen molar-refractivity contribution in [3.8, 4) is 5.75 Å². The molecule has 0 atom stereocenters. The van der Waals surface area contributed by atoms with Crippen LogP contribution in [0.5, 0.6) is 5.75 Å². The first-order chi connectivity index (χ1) is 9.36. The molecule has 0 radical (unpaired) electrons. The van der Waals surface area contributed by atoms with Gasteiger partial charge in [-0.15, -0.1) is 0 Å². The molecule has 1 aliphatic carbocycles. The lowest BCUT2D eigenvalue weighted by atomic mass is 10.1. The number of aryl methyl sites for hydroxylation is 1. The molecule has 1 aromatic rings. The fraction of sp³-hybridized carbons (Fsp3) is 0.571. The Hall–Kier alpha value is -1.27. The van der Waals surface area contributed by atoms with E-state index in [0.29, 0.717) is 17.0 Å². The third-order valence-corrected chi connectivity index (χ3v) is 5.54. The second-order valence-electron chi connectivity index (χ2n) is 5.37. The van der Waals surface area contributed by atoms with Gasteiger partial charge in [0.25, 0.3) is 0 Å². The van der Waals surface area contributed by atoms with Crippen LogP contribution in [0.15, 0.2) is 11.0 Å². The molecule has 0 heterocycles. The summed E-state index contributed by atoms with van der Waals surface area (Å²) in [5, 5.41) is 0. The van der Waals surface area contributed by atoms with E-state index in [1.807, 2.05) is 0 Å². The Morgan fingerprint density at radius 2 is 1.90 bits per heavy atom. The van der Waals surface area contributed by atoms with Crippen molar-refractivity contribution < 1.29 is 13.2 Å². The molecule has 1 fully saturated rings. The van der Waals surface area contributed by atoms with Crippen molar-refractivity contribution in [2.75, 3.05) is 12.8 Å². The second-order valence-corrected chi connectivity index (χ2v) is 7.05. The first-order valence-corrected chi connectivity index (χ1v) is 8.31. The number of ether oxygens (including phenoxy) is 1. The van der Waals surface area contributed by atoms with E-state index >= 15 is 0 Å². The number of methoxy groups -OCH3 is 1. The zero-order valence-corrected chi connectivity index (χ0v) is 13.0. The Labute approximate surface area is 120 Å². The average Bonchev–Trinajstić information content (AvgIpc) is 2.86. The third-order valence-electron chi connectivity index (χ3n) is 3.89. The summed E-state index contributed by atoms with van der Waals surface area (Å²) in [6.45, 7) is 3.50. The van der Waals surface area contributed by atoms with E-state index in [2.05, 4.69) is 4.72 Å². The molecule has 0 spiro atoms. The van der Waals surface area contributed by atoms with Crippen LogP contribution in [-0.4, -0.2) is 21.6 Å². The number of hydrogen-bond acceptors (Lipinski definition) is 4. The van der Waals surface area contributed by atoms with E-state index in [1.54, 1.807) is 19.9 Å². The summed E-state index contributed by atoms with van der Waals surface area (Å²) in [6, 6.07) is 1.67. The monoisotopic (exact) mass is 298 g/mol. The van der Waals surface area contributed by atoms with Gasteiger partial charge >= 0.3 is 0 Å². The molecule has 1 aromatic carbocycles. The molecule has 20 heavy (non-hydrogen) atoms. The molecule has 0 unspecified atom stereocenters. The zero-order chi connectivity index (χ0) is 14.9. The molecule has 0 saturated heterocycles. The highest BCUT2D eigenvalue weighted by atomic mass is 32.2. The van der Waals surface area contributed by atoms with E-state index in [-0.39, 0.29) is 10.9 Å². The molecular weight excluding hydrogens is 276 g/mol. The minimum Gasteiger partial charge on any atom is -0.494 e. The van der Waals surface area contributed by atoms with Gasteiger partial charge in [-0.2, -0.15) is 0 Å². The minimum atomic E-state index is -3.53. The van der Waals surface area contributed by atoms with E-state index in [0.717, 1.165) is 31.2 Å². The molecule has 0 bridgehead atoms. The van der Waals surface area contributed by atoms with Gasteiger partial charge in [0.1, 0.15) is 5.75 Å². The molecule has 3 N–H and O–H groups in total. The zero-order valence-electron chi connectivity index (χ0n) is 12.2. The summed E-state index contributed by atoms with van der Waals surface area (Å²) in [5.41, 5.74) is 7.63. The van der Waals surface area contributed by atoms with Crippen molar-refractivity contribution in [1.29, 1.82) is 0 Å². The quantitative estimate of drug-likeness (QED) is 0.834. The van der Waals surface area contributed by atoms with Crippen LogP contribution in [0.25, 0.3) is 0 Å². The van der Waals surface area contributed by atoms with Crippen LogP contribution < -0.4 is 15.2 Å². The maximum absolute atomic E-state index is 12.5. The van der Waals surface area contributed by atoms with Crippen molar-refractivity contribution in [2.24, 2.45) is 0 Å². The summed E-state index contributed by atoms with van der Waals surface area (Å²) in [4.78, 5) is 0.250. The Morgan fingerprint density at radius 3 is 2.45 bits per heavy atom. The molecule has 112 valence electrons. The maximum Gasteiger partial charge on any atom is 0.241 e. The molecule has 0 aromatic heterocycles. The van der Waals surface area contributed by atoms with Crippen molar-refractivity contribution in [2.45, 2.75) is 50.5 Å². The fourth-order valence-corrected chi connectivity index (χ4v) is 4.41. The summed E-state index contributed by atoms with van der Waals surface area (Å²) < 4.78 is 33.0. The van der Waals surface area contributed by atoms with Gasteiger partial charge in [0.05, 0.1) is 17.7 Å². The lowest BCUT2D eigenvalue weighted by Crippen LogP contribution is -2.33. The minimum absolute atomic E-state index is 0.0445. The van der Waals surface area contributed by atoms with Crippen molar-refractivity contribution in [3.63, 3.8) is 0 Å². The number of anilines is 1. The number of hydrogen-bond donors (Lipinski definition) is 2. The van der Waals surface area contributed by atoms with Gasteiger partial charge in [-0.1, -0.05) is 12.8 Å². The number of nitrogens with two attached hydrogens (primary N) is 1. The number of nitrogen functional groups attached to an aromatic ring is 1. The lowest BCUT2D eigenvalue weighted by molar-refractivity contribution is 0.413. The highest BCUT2D eigenvalue weighted by Crippen LogP contribution is 2.34. The standard InChI is InChI=1S/C14H22N2O3S/c1-9-8-12(10(2)13(15)14(9)19-3)20(17,18)16-11-6-4-5-7-11/h8,11,16H,4-7,15H2,1-3H3. The fourth-order valence-electron chi connectivity index (χ4n) is 2.76. The smallest absolute Gasteiger partial charge is 0.241 e. The van der Waals surface area contributed by atoms with E-state index in [9.17, 15) is 8.42 Å². The van der Waals surface area contributed by atoms with Gasteiger partial charge in [-0.3, -0.25) is 0 Å². The van der Waals surface area contributed by atoms with Gasteiger partial charge in [-0.25, -0.2) is 13.1 Å². The number of rotatable bonds is 4. The Kier molecular flexibility index (Phi) is 4.25. The van der Waals surface area contributed by atoms with Crippen LogP contribution in [0.2, 0.25) is 0 Å². The summed E-state index contributed by atoms with van der Waals surface area (Å²) in [7, 11) is -2.00. The van der Waals surface area contributed by atoms with Gasteiger partial charge in [0, 0.05) is 6.04 Å². The van der Waals surface area contributed by atoms with Crippen LogP contribution in [0.4, 0.5) is 5.69 Å². The molecule has 0 aliphatic heterocycles. The Bertz CT molecular complexity index is 605. The number of sulfonamides is 1. The molecule has 0 amide bonds. The third kappa shape index (κ3) is 2.76. The van der Waals surface area contributed by atoms with Crippen LogP contribution >= 0.6 is 0 Å². The van der Waals surface area contributed by atoms with Crippen molar-refractivity contribution in [3.05, 3.63) is 17.2 Å². The summed E-state index contributed by atoms with van der Waals surface area (Å²) >= 11 is 0. The van der Waals surface area contributed by atoms with Crippen LogP contribution in [0, 0.1) is 13.8 Å². The van der Waals surface area contributed by atoms with Gasteiger partial charge in [0.15, 0.2) is 0 Å². The average molecular weight is 298 g/mol. The van der Waals surface area contributed by atoms with Crippen LogP contribution in [0.3, 0.4) is 0 Å². The maximum atomic E-state index is 12.5. The second kappa shape index (κ2) is 5.61. The van der Waals surface area contributed by atoms with Crippen LogP contribution in [0.1, 0.15) is 36.8 Å². The summed E-state index contributed by atoms with van der Waals surface area (Å²) in [6.07, 6.45) is 3.97. The van der Waals surface area contributed by atoms with E-state index in [4.69, 9.17) is 10.5 Å². The first kappa shape index (κ1) is 15.1. The summed E-state index contributed by atoms with van der Waals surface area (Å²) in [5.74, 6) is 0.544. The lowest BCUT2D eigenvalue weighted by Gasteiger charge is -2.18. The Balaban J connectivity index is 2.41. The topological polar surface area (TPSA) is 81.4 Å². The molecule has 1 saturated carbocycles. The van der Waals surface area contributed by atoms with Crippen molar-refractivity contribution in [1.82, 2.24) is 4.72 Å². The molecule has 1 aliphatic rings. The van der Waals surface area contributed by atoms with Gasteiger partial charge < -0.3 is 10.5 Å². The SMILES string of the molecule is COc1c(C)cc(S(=O)(=O)NC2CCCC2)c(C)c1N. The largest absolute Gasteiger partial charge is 0.494 e.